The molecule has 3 aromatic heterocycles. The van der Waals surface area contributed by atoms with Crippen molar-refractivity contribution >= 4 is 31.6 Å². The number of benzene rings is 1. The fourth-order valence-corrected chi connectivity index (χ4v) is 7.40. The Morgan fingerprint density at radius 3 is 2.56 bits per heavy atom. The highest BCUT2D eigenvalue weighted by Gasteiger charge is 2.41. The number of hydrogen-bond acceptors (Lipinski definition) is 7. The number of fused-ring (bicyclic) bond motifs is 2. The molecule has 1 fully saturated rings. The molecule has 1 saturated carbocycles. The Labute approximate surface area is 210 Å². The maximum absolute atomic E-state index is 13.7. The number of hydrogen-bond donors (Lipinski definition) is 1. The molecular formula is C24H25N5O5S2. The summed E-state index contributed by atoms with van der Waals surface area (Å²) in [5.74, 6) is 0. The van der Waals surface area contributed by atoms with Gasteiger partial charge >= 0.3 is 5.69 Å². The first-order chi connectivity index (χ1) is 17.1. The van der Waals surface area contributed by atoms with Gasteiger partial charge in [-0.25, -0.2) is 17.9 Å². The van der Waals surface area contributed by atoms with Gasteiger partial charge in [0, 0.05) is 24.3 Å². The van der Waals surface area contributed by atoms with Crippen molar-refractivity contribution < 1.29 is 13.2 Å². The SMILES string of the molecule is Cn1cc(Cn2c(=O)c3cc(S(=O)(=O)NC4(C)CC4)sc3n(Cc3ccc4c(c3)COC4)c2=O)cn1. The summed E-state index contributed by atoms with van der Waals surface area (Å²) in [5.41, 5.74) is 2.27. The monoisotopic (exact) mass is 527 g/mol. The van der Waals surface area contributed by atoms with Crippen LogP contribution in [0.1, 0.15) is 42.0 Å². The molecule has 0 spiro atoms. The van der Waals surface area contributed by atoms with Crippen molar-refractivity contribution in [3.05, 3.63) is 79.8 Å². The maximum Gasteiger partial charge on any atom is 0.332 e. The van der Waals surface area contributed by atoms with Crippen LogP contribution in [0.5, 0.6) is 0 Å². The number of rotatable bonds is 7. The minimum atomic E-state index is -3.84. The van der Waals surface area contributed by atoms with Crippen molar-refractivity contribution in [2.75, 3.05) is 0 Å². The van der Waals surface area contributed by atoms with E-state index in [0.29, 0.717) is 23.6 Å². The lowest BCUT2D eigenvalue weighted by Crippen LogP contribution is -2.40. The van der Waals surface area contributed by atoms with Gasteiger partial charge in [0.15, 0.2) is 0 Å². The number of aryl methyl sites for hydroxylation is 1. The average molecular weight is 528 g/mol. The van der Waals surface area contributed by atoms with Crippen molar-refractivity contribution in [2.45, 2.75) is 55.8 Å². The molecule has 4 heterocycles. The molecule has 6 rings (SSSR count). The second-order valence-corrected chi connectivity index (χ2v) is 12.8. The van der Waals surface area contributed by atoms with Crippen LogP contribution < -0.4 is 16.0 Å². The van der Waals surface area contributed by atoms with E-state index in [2.05, 4.69) is 9.82 Å². The summed E-state index contributed by atoms with van der Waals surface area (Å²) >= 11 is 0.949. The van der Waals surface area contributed by atoms with Crippen molar-refractivity contribution in [2.24, 2.45) is 7.05 Å². The fraction of sp³-hybridized carbons (Fsp3) is 0.375. The summed E-state index contributed by atoms with van der Waals surface area (Å²) in [4.78, 5) is 27.5. The minimum absolute atomic E-state index is 0.0253. The molecule has 0 radical (unpaired) electrons. The van der Waals surface area contributed by atoms with Crippen molar-refractivity contribution in [1.29, 1.82) is 0 Å². The fourth-order valence-electron chi connectivity index (χ4n) is 4.50. The largest absolute Gasteiger partial charge is 0.372 e. The third-order valence-corrected chi connectivity index (χ3v) is 10.0. The van der Waals surface area contributed by atoms with Crippen LogP contribution in [0.2, 0.25) is 0 Å². The first kappa shape index (κ1) is 23.3. The van der Waals surface area contributed by atoms with Crippen LogP contribution in [-0.2, 0) is 48.1 Å². The molecule has 0 amide bonds. The Hall–Kier alpha value is -3.06. The van der Waals surface area contributed by atoms with Gasteiger partial charge in [-0.15, -0.1) is 11.3 Å². The summed E-state index contributed by atoms with van der Waals surface area (Å²) < 4.78 is 38.7. The van der Waals surface area contributed by atoms with E-state index in [1.165, 1.54) is 10.6 Å². The zero-order chi connectivity index (χ0) is 25.2. The van der Waals surface area contributed by atoms with E-state index in [1.807, 2.05) is 25.1 Å². The van der Waals surface area contributed by atoms with E-state index in [-0.39, 0.29) is 22.7 Å². The normalized spacial score (nSPS) is 16.5. The number of nitrogens with one attached hydrogen (secondary N) is 1. The highest BCUT2D eigenvalue weighted by atomic mass is 32.2. The number of nitrogens with zero attached hydrogens (tertiary/aromatic N) is 4. The smallest absolute Gasteiger partial charge is 0.332 e. The molecule has 1 aliphatic heterocycles. The average Bonchev–Trinajstić information content (AvgIpc) is 3.25. The first-order valence-corrected chi connectivity index (χ1v) is 13.9. The molecule has 0 unspecified atom stereocenters. The quantitative estimate of drug-likeness (QED) is 0.393. The van der Waals surface area contributed by atoms with Gasteiger partial charge in [-0.2, -0.15) is 5.10 Å². The molecule has 188 valence electrons. The van der Waals surface area contributed by atoms with Crippen molar-refractivity contribution in [1.82, 2.24) is 23.6 Å². The molecule has 0 saturated heterocycles. The van der Waals surface area contributed by atoms with E-state index < -0.39 is 26.8 Å². The number of sulfonamides is 1. The van der Waals surface area contributed by atoms with Crippen LogP contribution in [0.3, 0.4) is 0 Å². The number of thiophene rings is 1. The molecular weight excluding hydrogens is 502 g/mol. The molecule has 1 aromatic carbocycles. The first-order valence-electron chi connectivity index (χ1n) is 11.6. The maximum atomic E-state index is 13.7. The van der Waals surface area contributed by atoms with Gasteiger partial charge in [-0.05, 0) is 42.5 Å². The summed E-state index contributed by atoms with van der Waals surface area (Å²) in [7, 11) is -2.08. The van der Waals surface area contributed by atoms with Gasteiger partial charge in [0.25, 0.3) is 15.6 Å². The molecule has 4 aromatic rings. The summed E-state index contributed by atoms with van der Waals surface area (Å²) in [5, 5.41) is 4.33. The van der Waals surface area contributed by atoms with E-state index in [9.17, 15) is 18.0 Å². The van der Waals surface area contributed by atoms with Gasteiger partial charge < -0.3 is 4.74 Å². The van der Waals surface area contributed by atoms with E-state index in [4.69, 9.17) is 4.74 Å². The van der Waals surface area contributed by atoms with Crippen LogP contribution in [0.15, 0.2) is 50.5 Å². The van der Waals surface area contributed by atoms with Crippen molar-refractivity contribution in [3.63, 3.8) is 0 Å². The lowest BCUT2D eigenvalue weighted by atomic mass is 10.1. The van der Waals surface area contributed by atoms with E-state index in [1.54, 1.807) is 24.1 Å². The summed E-state index contributed by atoms with van der Waals surface area (Å²) in [6, 6.07) is 7.31. The number of ether oxygens (including phenoxy) is 1. The Kier molecular flexibility index (Phi) is 5.34. The molecule has 36 heavy (non-hydrogen) atoms. The Bertz CT molecular complexity index is 1740. The minimum Gasteiger partial charge on any atom is -0.372 e. The molecule has 2 aliphatic rings. The van der Waals surface area contributed by atoms with Crippen LogP contribution in [0.4, 0.5) is 0 Å². The zero-order valence-electron chi connectivity index (χ0n) is 19.9. The number of aromatic nitrogens is 4. The Morgan fingerprint density at radius 1 is 1.08 bits per heavy atom. The van der Waals surface area contributed by atoms with Crippen LogP contribution in [0, 0.1) is 0 Å². The molecule has 0 atom stereocenters. The highest BCUT2D eigenvalue weighted by molar-refractivity contribution is 7.91. The van der Waals surface area contributed by atoms with Gasteiger partial charge in [-0.3, -0.25) is 18.6 Å². The van der Waals surface area contributed by atoms with Gasteiger partial charge in [0.2, 0.25) is 0 Å². The van der Waals surface area contributed by atoms with Crippen LogP contribution in [0.25, 0.3) is 10.2 Å². The second-order valence-electron chi connectivity index (χ2n) is 9.83. The van der Waals surface area contributed by atoms with Gasteiger partial charge in [0.05, 0.1) is 37.9 Å². The second kappa shape index (κ2) is 8.23. The third kappa shape index (κ3) is 4.13. The Balaban J connectivity index is 1.51. The Morgan fingerprint density at radius 2 is 1.83 bits per heavy atom. The van der Waals surface area contributed by atoms with Crippen LogP contribution in [-0.4, -0.2) is 32.9 Å². The molecule has 0 bridgehead atoms. The standard InChI is InChI=1S/C24H25N5O5S2/c1-24(5-6-24)26-36(32,33)20-8-19-21(30)28(12-16-9-25-27(2)10-16)23(31)29(22(19)35-20)11-15-3-4-17-13-34-14-18(17)7-15/h3-4,7-10,26H,5-6,11-14H2,1-2H3. The lowest BCUT2D eigenvalue weighted by molar-refractivity contribution is 0.134. The van der Waals surface area contributed by atoms with E-state index in [0.717, 1.165) is 45.4 Å². The predicted molar refractivity (Wildman–Crippen MR) is 135 cm³/mol. The van der Waals surface area contributed by atoms with Crippen LogP contribution >= 0.6 is 11.3 Å². The molecule has 1 aliphatic carbocycles. The summed E-state index contributed by atoms with van der Waals surface area (Å²) in [6.07, 6.45) is 4.87. The van der Waals surface area contributed by atoms with E-state index >= 15 is 0 Å². The highest BCUT2D eigenvalue weighted by Crippen LogP contribution is 2.37. The summed E-state index contributed by atoms with van der Waals surface area (Å²) in [6.45, 7) is 3.16. The van der Waals surface area contributed by atoms with Gasteiger partial charge in [0.1, 0.15) is 9.04 Å². The third-order valence-electron chi connectivity index (χ3n) is 6.74. The van der Waals surface area contributed by atoms with Crippen molar-refractivity contribution in [3.8, 4) is 0 Å². The molecule has 1 N–H and O–H groups in total. The van der Waals surface area contributed by atoms with Gasteiger partial charge in [-0.1, -0.05) is 18.2 Å². The topological polar surface area (TPSA) is 117 Å². The lowest BCUT2D eigenvalue weighted by Gasteiger charge is -2.12. The molecule has 10 nitrogen and oxygen atoms in total. The zero-order valence-corrected chi connectivity index (χ0v) is 21.5. The predicted octanol–water partition coefficient (Wildman–Crippen LogP) is 1.92. The molecule has 12 heteroatoms.